The first-order valence-corrected chi connectivity index (χ1v) is 12.5. The first-order valence-electron chi connectivity index (χ1n) is 12.5. The Morgan fingerprint density at radius 2 is 1.70 bits per heavy atom. The molecule has 0 aromatic heterocycles. The van der Waals surface area contributed by atoms with Gasteiger partial charge < -0.3 is 4.74 Å². The Balaban J connectivity index is 1.89. The zero-order valence-electron chi connectivity index (χ0n) is 21.5. The summed E-state index contributed by atoms with van der Waals surface area (Å²) in [7, 11) is 0. The van der Waals surface area contributed by atoms with Crippen molar-refractivity contribution in [2.24, 2.45) is 0 Å². The average Bonchev–Trinajstić information content (AvgIpc) is 2.94. The van der Waals surface area contributed by atoms with Gasteiger partial charge in [-0.15, -0.1) is 0 Å². The van der Waals surface area contributed by atoms with Crippen molar-refractivity contribution in [3.63, 3.8) is 0 Å². The molecule has 0 bridgehead atoms. The number of benzene rings is 1. The normalized spacial score (nSPS) is 25.0. The van der Waals surface area contributed by atoms with E-state index in [2.05, 4.69) is 34.6 Å². The number of imide groups is 1. The fraction of sp³-hybridized carbons (Fsp3) is 0.704. The highest BCUT2D eigenvalue weighted by molar-refractivity contribution is 5.96. The van der Waals surface area contributed by atoms with Crippen LogP contribution in [0.25, 0.3) is 0 Å². The van der Waals surface area contributed by atoms with Crippen LogP contribution in [-0.2, 0) is 20.8 Å². The number of carbonyl (C=O) groups is 2. The third kappa shape index (κ3) is 5.60. The number of hydroxylamine groups is 2. The lowest BCUT2D eigenvalue weighted by Gasteiger charge is -2.52. The molecule has 6 nitrogen and oxygen atoms in total. The lowest BCUT2D eigenvalue weighted by molar-refractivity contribution is -0.301. The summed E-state index contributed by atoms with van der Waals surface area (Å²) < 4.78 is 5.69. The lowest BCUT2D eigenvalue weighted by atomic mass is 9.82. The molecule has 0 N–H and O–H groups in total. The third-order valence-electron chi connectivity index (χ3n) is 7.18. The summed E-state index contributed by atoms with van der Waals surface area (Å²) in [5.41, 5.74) is -0.0979. The lowest BCUT2D eigenvalue weighted by Crippen LogP contribution is -2.61. The molecule has 1 aromatic rings. The molecule has 2 aliphatic heterocycles. The molecule has 2 fully saturated rings. The number of nitrogens with zero attached hydrogens (tertiary/aromatic N) is 2. The molecule has 184 valence electrons. The van der Waals surface area contributed by atoms with Gasteiger partial charge in [-0.1, -0.05) is 50.1 Å². The van der Waals surface area contributed by atoms with E-state index in [0.717, 1.165) is 37.7 Å². The quantitative estimate of drug-likeness (QED) is 0.486. The topological polar surface area (TPSA) is 59.1 Å². The largest absolute Gasteiger partial charge is 0.441 e. The molecular formula is C27H42N2O4. The molecule has 2 aliphatic rings. The maximum atomic E-state index is 13.9. The fourth-order valence-electron chi connectivity index (χ4n) is 5.35. The summed E-state index contributed by atoms with van der Waals surface area (Å²) in [4.78, 5) is 34.8. The molecule has 1 aromatic carbocycles. The molecule has 6 heteroatoms. The van der Waals surface area contributed by atoms with Gasteiger partial charge in [0.15, 0.2) is 6.10 Å². The fourth-order valence-corrected chi connectivity index (χ4v) is 5.35. The predicted octanol–water partition coefficient (Wildman–Crippen LogP) is 5.89. The maximum absolute atomic E-state index is 13.9. The molecule has 2 amide bonds. The van der Waals surface area contributed by atoms with Crippen LogP contribution in [0.4, 0.5) is 4.79 Å². The molecule has 2 atom stereocenters. The summed E-state index contributed by atoms with van der Waals surface area (Å²) in [6.45, 7) is 14.5. The van der Waals surface area contributed by atoms with Crippen LogP contribution in [0.1, 0.15) is 92.6 Å². The van der Waals surface area contributed by atoms with Crippen molar-refractivity contribution >= 4 is 12.0 Å². The number of hydrogen-bond donors (Lipinski definition) is 0. The Morgan fingerprint density at radius 3 is 2.27 bits per heavy atom. The highest BCUT2D eigenvalue weighted by atomic mass is 16.7. The smallest absolute Gasteiger partial charge is 0.417 e. The van der Waals surface area contributed by atoms with Crippen molar-refractivity contribution in [2.45, 2.75) is 122 Å². The number of carbonyl (C=O) groups excluding carboxylic acids is 2. The number of rotatable bonds is 8. The molecule has 2 saturated heterocycles. The first kappa shape index (κ1) is 25.7. The molecule has 33 heavy (non-hydrogen) atoms. The minimum absolute atomic E-state index is 0.194. The van der Waals surface area contributed by atoms with E-state index in [0.29, 0.717) is 12.8 Å². The number of hydrogen-bond acceptors (Lipinski definition) is 5. The van der Waals surface area contributed by atoms with Crippen LogP contribution < -0.4 is 0 Å². The summed E-state index contributed by atoms with van der Waals surface area (Å²) >= 11 is 0. The van der Waals surface area contributed by atoms with Crippen LogP contribution >= 0.6 is 0 Å². The molecular weight excluding hydrogens is 416 g/mol. The van der Waals surface area contributed by atoms with Gasteiger partial charge in [0.2, 0.25) is 0 Å². The van der Waals surface area contributed by atoms with Crippen LogP contribution in [0.2, 0.25) is 0 Å². The van der Waals surface area contributed by atoms with Gasteiger partial charge in [-0.3, -0.25) is 9.63 Å². The predicted molar refractivity (Wildman–Crippen MR) is 130 cm³/mol. The maximum Gasteiger partial charge on any atom is 0.417 e. The molecule has 0 radical (unpaired) electrons. The Kier molecular flexibility index (Phi) is 7.59. The second-order valence-electron chi connectivity index (χ2n) is 11.4. The van der Waals surface area contributed by atoms with Gasteiger partial charge in [-0.2, -0.15) is 5.06 Å². The van der Waals surface area contributed by atoms with Crippen molar-refractivity contribution in [2.75, 3.05) is 0 Å². The molecule has 3 rings (SSSR count). The zero-order valence-corrected chi connectivity index (χ0v) is 21.5. The van der Waals surface area contributed by atoms with E-state index in [4.69, 9.17) is 9.57 Å². The van der Waals surface area contributed by atoms with Crippen LogP contribution in [0.3, 0.4) is 0 Å². The van der Waals surface area contributed by atoms with Crippen molar-refractivity contribution in [3.8, 4) is 0 Å². The van der Waals surface area contributed by atoms with Gasteiger partial charge in [-0.05, 0) is 79.2 Å². The van der Waals surface area contributed by atoms with Crippen LogP contribution in [0, 0.1) is 0 Å². The summed E-state index contributed by atoms with van der Waals surface area (Å²) in [6, 6.07) is 9.55. The number of piperidine rings is 1. The third-order valence-corrected chi connectivity index (χ3v) is 7.18. The van der Waals surface area contributed by atoms with Crippen LogP contribution in [-0.4, -0.2) is 50.8 Å². The second-order valence-corrected chi connectivity index (χ2v) is 11.4. The van der Waals surface area contributed by atoms with Gasteiger partial charge >= 0.3 is 6.09 Å². The van der Waals surface area contributed by atoms with E-state index in [1.807, 2.05) is 49.2 Å². The van der Waals surface area contributed by atoms with Gasteiger partial charge in [0.25, 0.3) is 5.91 Å². The van der Waals surface area contributed by atoms with E-state index >= 15 is 0 Å². The Bertz CT molecular complexity index is 818. The zero-order chi connectivity index (χ0) is 24.4. The summed E-state index contributed by atoms with van der Waals surface area (Å²) in [6.07, 6.45) is 4.74. The van der Waals surface area contributed by atoms with Gasteiger partial charge in [0, 0.05) is 11.1 Å². The number of ether oxygens (including phenoxy) is 1. The summed E-state index contributed by atoms with van der Waals surface area (Å²) in [5, 5.41) is 2.03. The van der Waals surface area contributed by atoms with Crippen molar-refractivity contribution in [1.29, 1.82) is 0 Å². The SMILES string of the molecule is CCCC[C@H](ON1C(C)(C)CCCC1(C)C)C(=O)N1C(=O)OC(C)(C)[C@@H]1Cc1ccccc1. The van der Waals surface area contributed by atoms with Crippen molar-refractivity contribution < 1.29 is 19.2 Å². The molecule has 0 saturated carbocycles. The number of unbranched alkanes of at least 4 members (excludes halogenated alkanes) is 1. The Morgan fingerprint density at radius 1 is 1.09 bits per heavy atom. The van der Waals surface area contributed by atoms with Crippen molar-refractivity contribution in [1.82, 2.24) is 9.96 Å². The van der Waals surface area contributed by atoms with Crippen molar-refractivity contribution in [3.05, 3.63) is 35.9 Å². The molecule has 0 aliphatic carbocycles. The van der Waals surface area contributed by atoms with E-state index in [9.17, 15) is 9.59 Å². The Labute approximate surface area is 199 Å². The monoisotopic (exact) mass is 458 g/mol. The number of amides is 2. The van der Waals surface area contributed by atoms with Crippen LogP contribution in [0.15, 0.2) is 30.3 Å². The molecule has 0 unspecified atom stereocenters. The minimum atomic E-state index is -0.776. The Hall–Kier alpha value is -1.92. The van der Waals surface area contributed by atoms with E-state index in [1.54, 1.807) is 0 Å². The molecule has 2 heterocycles. The standard InChI is InChI=1S/C27H42N2O4/c1-8-9-16-21(33-29-25(2,3)17-13-18-26(29,4)5)23(30)28-22(27(6,7)32-24(28)31)19-20-14-11-10-12-15-20/h10-12,14-15,21-22H,8-9,13,16-19H2,1-7H3/t21-,22-/m0/s1. The van der Waals surface area contributed by atoms with Gasteiger partial charge in [-0.25, -0.2) is 9.69 Å². The van der Waals surface area contributed by atoms with E-state index < -0.39 is 23.8 Å². The highest BCUT2D eigenvalue weighted by Crippen LogP contribution is 2.40. The second kappa shape index (κ2) is 9.75. The van der Waals surface area contributed by atoms with Gasteiger partial charge in [0.1, 0.15) is 5.60 Å². The first-order chi connectivity index (χ1) is 15.4. The van der Waals surface area contributed by atoms with E-state index in [-0.39, 0.29) is 17.0 Å². The average molecular weight is 459 g/mol. The van der Waals surface area contributed by atoms with Crippen LogP contribution in [0.5, 0.6) is 0 Å². The van der Waals surface area contributed by atoms with Gasteiger partial charge in [0.05, 0.1) is 6.04 Å². The highest BCUT2D eigenvalue weighted by Gasteiger charge is 2.53. The minimum Gasteiger partial charge on any atom is -0.441 e. The number of cyclic esters (lactones) is 1. The van der Waals surface area contributed by atoms with E-state index in [1.165, 1.54) is 4.90 Å². The molecule has 0 spiro atoms. The summed E-state index contributed by atoms with van der Waals surface area (Å²) in [5.74, 6) is -0.294.